The summed E-state index contributed by atoms with van der Waals surface area (Å²) in [6.45, 7) is 4.69. The molecule has 16 heteroatoms. The number of anilines is 1. The number of nitrogens with two attached hydrogens (primary N) is 2. The van der Waals surface area contributed by atoms with E-state index in [0.29, 0.717) is 59.3 Å². The highest BCUT2D eigenvalue weighted by Gasteiger charge is 2.32. The van der Waals surface area contributed by atoms with Crippen molar-refractivity contribution in [3.8, 4) is 17.1 Å². The van der Waals surface area contributed by atoms with Crippen LogP contribution in [-0.4, -0.2) is 118 Å². The lowest BCUT2D eigenvalue weighted by Crippen LogP contribution is -2.57. The van der Waals surface area contributed by atoms with Crippen LogP contribution >= 0.6 is 0 Å². The summed E-state index contributed by atoms with van der Waals surface area (Å²) in [6.07, 6.45) is 5.32. The summed E-state index contributed by atoms with van der Waals surface area (Å²) in [7, 11) is 1.46. The summed E-state index contributed by atoms with van der Waals surface area (Å²) in [5, 5.41) is 15.7. The van der Waals surface area contributed by atoms with Crippen LogP contribution in [0, 0.1) is 0 Å². The van der Waals surface area contributed by atoms with Crippen molar-refractivity contribution < 1.29 is 19.1 Å². The Morgan fingerprint density at radius 1 is 1.06 bits per heavy atom. The minimum absolute atomic E-state index is 0.143. The molecule has 0 spiro atoms. The lowest BCUT2D eigenvalue weighted by atomic mass is 10.1. The second-order valence-corrected chi connectivity index (χ2v) is 11.3. The largest absolute Gasteiger partial charge is 0.494 e. The minimum Gasteiger partial charge on any atom is -0.494 e. The molecule has 1 aromatic carbocycles. The number of aromatic nitrogens is 4. The van der Waals surface area contributed by atoms with Gasteiger partial charge in [0.15, 0.2) is 0 Å². The lowest BCUT2D eigenvalue weighted by molar-refractivity contribution is -0.127. The van der Waals surface area contributed by atoms with E-state index in [1.807, 2.05) is 35.2 Å². The highest BCUT2D eigenvalue weighted by atomic mass is 16.5. The molecule has 5 heterocycles. The van der Waals surface area contributed by atoms with E-state index in [0.717, 1.165) is 19.6 Å². The first-order valence-corrected chi connectivity index (χ1v) is 15.5. The third-order valence-electron chi connectivity index (χ3n) is 8.53. The number of para-hydroxylation sites is 1. The number of likely N-dealkylation sites (tertiary alicyclic amines) is 1. The molecule has 0 unspecified atom stereocenters. The van der Waals surface area contributed by atoms with Crippen molar-refractivity contribution in [3.63, 3.8) is 0 Å². The van der Waals surface area contributed by atoms with E-state index >= 15 is 0 Å². The van der Waals surface area contributed by atoms with E-state index in [9.17, 15) is 14.4 Å². The Morgan fingerprint density at radius 3 is 2.49 bits per heavy atom. The molecule has 16 nitrogen and oxygen atoms in total. The molecule has 2 fully saturated rings. The second-order valence-electron chi connectivity index (χ2n) is 11.3. The van der Waals surface area contributed by atoms with E-state index in [4.69, 9.17) is 16.4 Å². The van der Waals surface area contributed by atoms with Gasteiger partial charge in [0.05, 0.1) is 35.5 Å². The van der Waals surface area contributed by atoms with E-state index in [1.165, 1.54) is 42.3 Å². The zero-order valence-corrected chi connectivity index (χ0v) is 26.1. The Morgan fingerprint density at radius 2 is 1.79 bits per heavy atom. The van der Waals surface area contributed by atoms with E-state index in [-0.39, 0.29) is 30.3 Å². The number of methoxy groups -OCH3 is 1. The Kier molecular flexibility index (Phi) is 9.30. The van der Waals surface area contributed by atoms with Gasteiger partial charge in [0.1, 0.15) is 22.8 Å². The number of carbonyl (C=O) groups is 3. The molecule has 47 heavy (non-hydrogen) atoms. The van der Waals surface area contributed by atoms with Crippen molar-refractivity contribution in [2.75, 3.05) is 64.5 Å². The molecule has 2 aliphatic heterocycles. The first-order valence-electron chi connectivity index (χ1n) is 15.5. The van der Waals surface area contributed by atoms with Gasteiger partial charge in [-0.25, -0.2) is 15.8 Å². The standard InChI is InChI=1S/C31H38N12O4/c1-47-24-19-36-26(22-17-23(39-38-22)29(45)34-9-12-40-10-5-6-11-40)27-25(24)21(18-35-27)28(44)30(46)41-13-15-42(16-14-41)31(37-32)43(33)20-7-3-2-4-8-20/h2-4,7-8,17-19,35H,5-6,9-16,32-33H2,1H3,(H,34,45)(H,38,39)/b37-31-. The second kappa shape index (κ2) is 13.9. The number of pyridine rings is 1. The zero-order valence-electron chi connectivity index (χ0n) is 26.1. The summed E-state index contributed by atoms with van der Waals surface area (Å²) in [4.78, 5) is 53.1. The summed E-state index contributed by atoms with van der Waals surface area (Å²) in [5.41, 5.74) is 2.37. The summed E-state index contributed by atoms with van der Waals surface area (Å²) < 4.78 is 5.53. The van der Waals surface area contributed by atoms with Crippen molar-refractivity contribution in [2.45, 2.75) is 12.8 Å². The van der Waals surface area contributed by atoms with Gasteiger partial charge in [-0.3, -0.25) is 19.5 Å². The number of fused-ring (bicyclic) bond motifs is 1. The molecule has 246 valence electrons. The van der Waals surface area contributed by atoms with Crippen LogP contribution in [0.4, 0.5) is 5.69 Å². The lowest BCUT2D eigenvalue weighted by Gasteiger charge is -2.38. The molecule has 2 saturated heterocycles. The normalized spacial score (nSPS) is 15.7. The number of hydrazone groups is 1. The van der Waals surface area contributed by atoms with Gasteiger partial charge in [0, 0.05) is 45.5 Å². The predicted octanol–water partition coefficient (Wildman–Crippen LogP) is 0.724. The fourth-order valence-corrected chi connectivity index (χ4v) is 6.00. The number of nitrogens with one attached hydrogen (secondary N) is 3. The molecule has 7 N–H and O–H groups in total. The number of benzene rings is 1. The number of amides is 2. The van der Waals surface area contributed by atoms with E-state index < -0.39 is 11.7 Å². The molecule has 0 radical (unpaired) electrons. The van der Waals surface area contributed by atoms with Crippen LogP contribution in [-0.2, 0) is 4.79 Å². The maximum Gasteiger partial charge on any atom is 0.295 e. The van der Waals surface area contributed by atoms with Crippen LogP contribution in [0.5, 0.6) is 5.75 Å². The average molecular weight is 643 g/mol. The third-order valence-corrected chi connectivity index (χ3v) is 8.53. The number of carbonyl (C=O) groups excluding carboxylic acids is 3. The Balaban J connectivity index is 1.14. The van der Waals surface area contributed by atoms with Crippen LogP contribution in [0.3, 0.4) is 0 Å². The number of Topliss-reactive ketones (excluding diaryl/α,β-unsaturated/α-hetero) is 1. The fourth-order valence-electron chi connectivity index (χ4n) is 6.00. The summed E-state index contributed by atoms with van der Waals surface area (Å²) in [6, 6.07) is 10.9. The fraction of sp³-hybridized carbons (Fsp3) is 0.355. The highest BCUT2D eigenvalue weighted by Crippen LogP contribution is 2.34. The van der Waals surface area contributed by atoms with Crippen molar-refractivity contribution in [1.29, 1.82) is 0 Å². The maximum atomic E-state index is 13.6. The van der Waals surface area contributed by atoms with Crippen LogP contribution in [0.1, 0.15) is 33.7 Å². The summed E-state index contributed by atoms with van der Waals surface area (Å²) in [5.74, 6) is 11.0. The van der Waals surface area contributed by atoms with Gasteiger partial charge in [-0.05, 0) is 44.1 Å². The number of ketones is 1. The van der Waals surface area contributed by atoms with Gasteiger partial charge in [0.25, 0.3) is 17.6 Å². The number of ether oxygens (including phenoxy) is 1. The van der Waals surface area contributed by atoms with Gasteiger partial charge in [-0.15, -0.1) is 5.10 Å². The molecule has 4 aromatic rings. The van der Waals surface area contributed by atoms with Crippen molar-refractivity contribution in [1.82, 2.24) is 40.2 Å². The number of hydrazine groups is 1. The first-order chi connectivity index (χ1) is 22.9. The molecular weight excluding hydrogens is 604 g/mol. The first kappa shape index (κ1) is 31.5. The van der Waals surface area contributed by atoms with Crippen LogP contribution in [0.25, 0.3) is 22.3 Å². The molecule has 0 aliphatic carbocycles. The summed E-state index contributed by atoms with van der Waals surface area (Å²) >= 11 is 0. The number of guanidine groups is 1. The number of rotatable bonds is 9. The molecular formula is C31H38N12O4. The highest BCUT2D eigenvalue weighted by molar-refractivity contribution is 6.45. The quantitative estimate of drug-likeness (QED) is 0.0429. The molecule has 3 aromatic heterocycles. The van der Waals surface area contributed by atoms with Gasteiger partial charge in [0.2, 0.25) is 5.96 Å². The van der Waals surface area contributed by atoms with Crippen LogP contribution in [0.15, 0.2) is 53.9 Å². The molecule has 6 rings (SSSR count). The minimum atomic E-state index is -0.697. The number of H-pyrrole nitrogens is 2. The SMILES string of the molecule is COc1cnc(-c2cc(C(=O)NCCN3CCCC3)[nH]n2)c2[nH]cc(C(=O)C(=O)N3CCN(/C(=N/N)N(N)c4ccccc4)CC3)c12. The van der Waals surface area contributed by atoms with Gasteiger partial charge in [-0.1, -0.05) is 18.2 Å². The van der Waals surface area contributed by atoms with Crippen molar-refractivity contribution >= 4 is 40.1 Å². The zero-order chi connectivity index (χ0) is 32.9. The third kappa shape index (κ3) is 6.45. The monoisotopic (exact) mass is 642 g/mol. The maximum absolute atomic E-state index is 13.6. The molecule has 0 atom stereocenters. The molecule has 2 amide bonds. The number of aromatic amines is 2. The Hall–Kier alpha value is -5.48. The van der Waals surface area contributed by atoms with E-state index in [2.05, 4.69) is 35.5 Å². The van der Waals surface area contributed by atoms with Crippen molar-refractivity contribution in [2.24, 2.45) is 16.8 Å². The van der Waals surface area contributed by atoms with Gasteiger partial charge in [-0.2, -0.15) is 5.10 Å². The molecule has 0 saturated carbocycles. The number of piperazine rings is 1. The number of hydrogen-bond donors (Lipinski definition) is 5. The van der Waals surface area contributed by atoms with Crippen LogP contribution in [0.2, 0.25) is 0 Å². The van der Waals surface area contributed by atoms with Gasteiger partial charge < -0.3 is 35.6 Å². The predicted molar refractivity (Wildman–Crippen MR) is 175 cm³/mol. The molecule has 0 bridgehead atoms. The topological polar surface area (TPSA) is 207 Å². The number of nitrogens with zero attached hydrogens (tertiary/aromatic N) is 7. The number of hydrogen-bond acceptors (Lipinski definition) is 10. The van der Waals surface area contributed by atoms with Crippen molar-refractivity contribution in [3.05, 3.63) is 60.0 Å². The smallest absolute Gasteiger partial charge is 0.295 e. The van der Waals surface area contributed by atoms with Gasteiger partial charge >= 0.3 is 0 Å². The average Bonchev–Trinajstić information content (AvgIpc) is 3.90. The van der Waals surface area contributed by atoms with Crippen LogP contribution < -0.4 is 26.7 Å². The Labute approximate surface area is 270 Å². The Bertz CT molecular complexity index is 1770. The van der Waals surface area contributed by atoms with E-state index in [1.54, 1.807) is 6.07 Å². The molecule has 2 aliphatic rings.